The van der Waals surface area contributed by atoms with Gasteiger partial charge in [0.25, 0.3) is 5.91 Å². The first-order chi connectivity index (χ1) is 12.2. The number of carbonyl (C=O) groups is 1. The molecular weight excluding hydrogens is 314 g/mol. The normalized spacial score (nSPS) is 21.3. The van der Waals surface area contributed by atoms with E-state index in [-0.39, 0.29) is 11.9 Å². The molecule has 3 rings (SSSR count). The molecule has 2 atom stereocenters. The second kappa shape index (κ2) is 8.55. The van der Waals surface area contributed by atoms with Gasteiger partial charge >= 0.3 is 0 Å². The summed E-state index contributed by atoms with van der Waals surface area (Å²) in [5.41, 5.74) is 1.54. The number of β-amino-alcohol motifs (C(OH)–C–C–N with tert-alkyl or cyclic N) is 1. The van der Waals surface area contributed by atoms with Crippen LogP contribution in [0, 0.1) is 0 Å². The van der Waals surface area contributed by atoms with Gasteiger partial charge in [-0.2, -0.15) is 0 Å². The van der Waals surface area contributed by atoms with E-state index >= 15 is 0 Å². The van der Waals surface area contributed by atoms with Crippen molar-refractivity contribution in [3.05, 3.63) is 72.1 Å². The molecule has 1 amide bonds. The number of aliphatic hydroxyl groups is 1. The van der Waals surface area contributed by atoms with Crippen molar-refractivity contribution in [3.8, 4) is 0 Å². The van der Waals surface area contributed by atoms with Gasteiger partial charge in [-0.05, 0) is 24.1 Å². The van der Waals surface area contributed by atoms with Crippen LogP contribution in [-0.2, 0) is 0 Å². The van der Waals surface area contributed by atoms with Gasteiger partial charge < -0.3 is 10.4 Å². The number of rotatable bonds is 5. The molecular formula is C20H23N3O2. The van der Waals surface area contributed by atoms with E-state index in [1.54, 1.807) is 24.4 Å². The van der Waals surface area contributed by atoms with Crippen LogP contribution in [0.15, 0.2) is 60.8 Å². The fraction of sp³-hybridized carbons (Fsp3) is 0.300. The second-order valence-electron chi connectivity index (χ2n) is 6.22. The lowest BCUT2D eigenvalue weighted by Gasteiger charge is -2.35. The zero-order valence-electron chi connectivity index (χ0n) is 14.1. The molecule has 1 fully saturated rings. The number of amides is 1. The van der Waals surface area contributed by atoms with Crippen molar-refractivity contribution in [2.75, 3.05) is 19.6 Å². The van der Waals surface area contributed by atoms with Crippen molar-refractivity contribution in [1.82, 2.24) is 15.2 Å². The summed E-state index contributed by atoms with van der Waals surface area (Å²) >= 11 is 0. The predicted molar refractivity (Wildman–Crippen MR) is 98.0 cm³/mol. The summed E-state index contributed by atoms with van der Waals surface area (Å²) in [6.45, 7) is 2.17. The molecule has 130 valence electrons. The van der Waals surface area contributed by atoms with E-state index in [2.05, 4.69) is 39.5 Å². The van der Waals surface area contributed by atoms with Crippen molar-refractivity contribution in [3.63, 3.8) is 0 Å². The molecule has 1 aromatic heterocycles. The Kier molecular flexibility index (Phi) is 5.93. The Hall–Kier alpha value is -2.50. The van der Waals surface area contributed by atoms with Gasteiger partial charge in [-0.25, -0.2) is 0 Å². The maximum Gasteiger partial charge on any atom is 0.270 e. The van der Waals surface area contributed by atoms with E-state index in [0.717, 1.165) is 19.5 Å². The van der Waals surface area contributed by atoms with E-state index in [1.807, 2.05) is 18.2 Å². The number of piperidine rings is 1. The summed E-state index contributed by atoms with van der Waals surface area (Å²) < 4.78 is 0. The Balaban J connectivity index is 1.47. The first kappa shape index (κ1) is 17.3. The lowest BCUT2D eigenvalue weighted by Crippen LogP contribution is -2.54. The zero-order chi connectivity index (χ0) is 17.5. The number of benzene rings is 1. The molecule has 0 saturated carbocycles. The van der Waals surface area contributed by atoms with Crippen molar-refractivity contribution in [1.29, 1.82) is 0 Å². The summed E-state index contributed by atoms with van der Waals surface area (Å²) in [6, 6.07) is 15.1. The Bertz CT molecular complexity index is 703. The van der Waals surface area contributed by atoms with Gasteiger partial charge in [-0.3, -0.25) is 14.7 Å². The standard InChI is InChI=1S/C20H23N3O2/c24-19-15-23(13-6-9-16-7-2-1-3-8-16)14-11-17(19)22-20(25)18-10-4-5-12-21-18/h1-10,12,17,19,24H,11,13-15H2,(H,22,25)/b9-6+/t17-,19-/m1/s1. The molecule has 5 nitrogen and oxygen atoms in total. The number of nitrogens with zero attached hydrogens (tertiary/aromatic N) is 2. The molecule has 25 heavy (non-hydrogen) atoms. The highest BCUT2D eigenvalue weighted by Gasteiger charge is 2.28. The van der Waals surface area contributed by atoms with Crippen molar-refractivity contribution in [2.45, 2.75) is 18.6 Å². The predicted octanol–water partition coefficient (Wildman–Crippen LogP) is 1.96. The minimum Gasteiger partial charge on any atom is -0.390 e. The van der Waals surface area contributed by atoms with E-state index in [9.17, 15) is 9.90 Å². The fourth-order valence-corrected chi connectivity index (χ4v) is 2.97. The van der Waals surface area contributed by atoms with Gasteiger partial charge in [0.1, 0.15) is 5.69 Å². The Morgan fingerprint density at radius 3 is 2.76 bits per heavy atom. The summed E-state index contributed by atoms with van der Waals surface area (Å²) in [7, 11) is 0. The summed E-state index contributed by atoms with van der Waals surface area (Å²) in [4.78, 5) is 18.4. The van der Waals surface area contributed by atoms with E-state index < -0.39 is 6.10 Å². The summed E-state index contributed by atoms with van der Waals surface area (Å²) in [5.74, 6) is -0.234. The SMILES string of the molecule is O=C(N[C@@H]1CCN(C/C=C/c2ccccc2)C[C@H]1O)c1ccccn1. The number of aromatic nitrogens is 1. The van der Waals surface area contributed by atoms with E-state index in [4.69, 9.17) is 0 Å². The van der Waals surface area contributed by atoms with Gasteiger partial charge in [0.05, 0.1) is 12.1 Å². The Morgan fingerprint density at radius 1 is 1.24 bits per heavy atom. The highest BCUT2D eigenvalue weighted by Crippen LogP contribution is 2.12. The molecule has 0 unspecified atom stereocenters. The average Bonchev–Trinajstić information content (AvgIpc) is 2.65. The highest BCUT2D eigenvalue weighted by molar-refractivity contribution is 5.92. The van der Waals surface area contributed by atoms with Crippen LogP contribution in [0.1, 0.15) is 22.5 Å². The Labute approximate surface area is 148 Å². The fourth-order valence-electron chi connectivity index (χ4n) is 2.97. The molecule has 0 bridgehead atoms. The van der Waals surface area contributed by atoms with Crippen LogP contribution >= 0.6 is 0 Å². The largest absolute Gasteiger partial charge is 0.390 e. The zero-order valence-corrected chi connectivity index (χ0v) is 14.1. The lowest BCUT2D eigenvalue weighted by atomic mass is 10.0. The molecule has 1 aliphatic rings. The summed E-state index contributed by atoms with van der Waals surface area (Å²) in [5, 5.41) is 13.2. The molecule has 1 aliphatic heterocycles. The van der Waals surface area contributed by atoms with Crippen molar-refractivity contribution >= 4 is 12.0 Å². The summed E-state index contributed by atoms with van der Waals surface area (Å²) in [6.07, 6.45) is 5.92. The molecule has 0 radical (unpaired) electrons. The molecule has 1 saturated heterocycles. The van der Waals surface area contributed by atoms with Crippen LogP contribution in [0.25, 0.3) is 6.08 Å². The minimum absolute atomic E-state index is 0.233. The number of nitrogens with one attached hydrogen (secondary N) is 1. The number of hydrogen-bond acceptors (Lipinski definition) is 4. The third kappa shape index (κ3) is 4.98. The van der Waals surface area contributed by atoms with Crippen LogP contribution in [-0.4, -0.2) is 52.7 Å². The van der Waals surface area contributed by atoms with Crippen LogP contribution in [0.3, 0.4) is 0 Å². The quantitative estimate of drug-likeness (QED) is 0.875. The second-order valence-corrected chi connectivity index (χ2v) is 6.22. The third-order valence-corrected chi connectivity index (χ3v) is 4.35. The molecule has 5 heteroatoms. The number of likely N-dealkylation sites (tertiary alicyclic amines) is 1. The van der Waals surface area contributed by atoms with Gasteiger partial charge in [0.2, 0.25) is 0 Å². The number of pyridine rings is 1. The van der Waals surface area contributed by atoms with Crippen LogP contribution in [0.2, 0.25) is 0 Å². The third-order valence-electron chi connectivity index (χ3n) is 4.35. The van der Waals surface area contributed by atoms with E-state index in [0.29, 0.717) is 12.2 Å². The topological polar surface area (TPSA) is 65.5 Å². The maximum absolute atomic E-state index is 12.2. The smallest absolute Gasteiger partial charge is 0.270 e. The molecule has 0 spiro atoms. The lowest BCUT2D eigenvalue weighted by molar-refractivity contribution is 0.0421. The number of carbonyl (C=O) groups excluding carboxylic acids is 1. The number of aliphatic hydroxyl groups excluding tert-OH is 1. The Morgan fingerprint density at radius 2 is 2.04 bits per heavy atom. The first-order valence-electron chi connectivity index (χ1n) is 8.56. The van der Waals surface area contributed by atoms with Gasteiger partial charge in [0.15, 0.2) is 0 Å². The molecule has 2 heterocycles. The van der Waals surface area contributed by atoms with Crippen molar-refractivity contribution < 1.29 is 9.90 Å². The van der Waals surface area contributed by atoms with Gasteiger partial charge in [0, 0.05) is 25.8 Å². The van der Waals surface area contributed by atoms with Crippen LogP contribution < -0.4 is 5.32 Å². The molecule has 0 aliphatic carbocycles. The average molecular weight is 337 g/mol. The van der Waals surface area contributed by atoms with Gasteiger partial charge in [-0.15, -0.1) is 0 Å². The van der Waals surface area contributed by atoms with Gasteiger partial charge in [-0.1, -0.05) is 48.6 Å². The van der Waals surface area contributed by atoms with Crippen LogP contribution in [0.4, 0.5) is 0 Å². The maximum atomic E-state index is 12.2. The first-order valence-corrected chi connectivity index (χ1v) is 8.56. The molecule has 1 aromatic carbocycles. The molecule has 2 aromatic rings. The molecule has 2 N–H and O–H groups in total. The van der Waals surface area contributed by atoms with E-state index in [1.165, 1.54) is 5.56 Å². The minimum atomic E-state index is -0.577. The van der Waals surface area contributed by atoms with Crippen LogP contribution in [0.5, 0.6) is 0 Å². The monoisotopic (exact) mass is 337 g/mol. The highest BCUT2D eigenvalue weighted by atomic mass is 16.3. The number of hydrogen-bond donors (Lipinski definition) is 2. The van der Waals surface area contributed by atoms with Crippen molar-refractivity contribution in [2.24, 2.45) is 0 Å².